The first-order valence-corrected chi connectivity index (χ1v) is 6.88. The first kappa shape index (κ1) is 17.6. The Bertz CT molecular complexity index is 460. The predicted molar refractivity (Wildman–Crippen MR) is 84.7 cm³/mol. The smallest absolute Gasteiger partial charge is 0.251 e. The van der Waals surface area contributed by atoms with E-state index in [1.807, 2.05) is 0 Å². The molecule has 2 rings (SSSR count). The molecule has 0 saturated carbocycles. The summed E-state index contributed by atoms with van der Waals surface area (Å²) in [4.78, 5) is 12.4. The molecule has 1 aromatic rings. The summed E-state index contributed by atoms with van der Waals surface area (Å²) in [6.07, 6.45) is 0.952. The van der Waals surface area contributed by atoms with Crippen molar-refractivity contribution in [3.63, 3.8) is 0 Å². The molecular formula is C15H23ClN2O3. The number of nitrogens with one attached hydrogen (secondary N) is 2. The van der Waals surface area contributed by atoms with Crippen molar-refractivity contribution in [3.8, 4) is 11.5 Å². The molecule has 1 amide bonds. The fourth-order valence-corrected chi connectivity index (χ4v) is 2.42. The van der Waals surface area contributed by atoms with Crippen molar-refractivity contribution < 1.29 is 14.3 Å². The SMILES string of the molecule is COc1cc(OC)cc(C(=O)NC2CCNCC2C)c1.Cl. The van der Waals surface area contributed by atoms with Crippen LogP contribution in [0.5, 0.6) is 11.5 Å². The Kier molecular flexibility index (Phi) is 6.78. The highest BCUT2D eigenvalue weighted by Gasteiger charge is 2.23. The van der Waals surface area contributed by atoms with Gasteiger partial charge in [0.05, 0.1) is 14.2 Å². The summed E-state index contributed by atoms with van der Waals surface area (Å²) in [6, 6.07) is 5.41. The van der Waals surface area contributed by atoms with Crippen LogP contribution in [0.4, 0.5) is 0 Å². The van der Waals surface area contributed by atoms with Crippen molar-refractivity contribution in [2.24, 2.45) is 5.92 Å². The van der Waals surface area contributed by atoms with E-state index >= 15 is 0 Å². The minimum absolute atomic E-state index is 0. The third kappa shape index (κ3) is 4.51. The summed E-state index contributed by atoms with van der Waals surface area (Å²) in [5.41, 5.74) is 0.562. The topological polar surface area (TPSA) is 59.6 Å². The van der Waals surface area contributed by atoms with E-state index in [2.05, 4.69) is 17.6 Å². The largest absolute Gasteiger partial charge is 0.497 e. The average molecular weight is 315 g/mol. The standard InChI is InChI=1S/C15H22N2O3.ClH/c1-10-9-16-5-4-14(10)17-15(18)11-6-12(19-2)8-13(7-11)20-3;/h6-8,10,14,16H,4-5,9H2,1-3H3,(H,17,18);1H. The minimum atomic E-state index is -0.0825. The Balaban J connectivity index is 0.00000220. The van der Waals surface area contributed by atoms with E-state index < -0.39 is 0 Å². The lowest BCUT2D eigenvalue weighted by Crippen LogP contribution is -2.48. The van der Waals surface area contributed by atoms with Gasteiger partial charge >= 0.3 is 0 Å². The number of carbonyl (C=O) groups excluding carboxylic acids is 1. The normalized spacial score (nSPS) is 21.1. The van der Waals surface area contributed by atoms with Crippen molar-refractivity contribution in [1.29, 1.82) is 0 Å². The molecule has 1 aromatic carbocycles. The molecule has 0 bridgehead atoms. The zero-order valence-electron chi connectivity index (χ0n) is 12.6. The minimum Gasteiger partial charge on any atom is -0.497 e. The predicted octanol–water partition coefficient (Wildman–Crippen LogP) is 1.85. The Morgan fingerprint density at radius 2 is 1.86 bits per heavy atom. The molecule has 5 nitrogen and oxygen atoms in total. The molecule has 6 heteroatoms. The molecule has 1 aliphatic heterocycles. The number of carbonyl (C=O) groups is 1. The maximum Gasteiger partial charge on any atom is 0.251 e. The van der Waals surface area contributed by atoms with Gasteiger partial charge in [0, 0.05) is 17.7 Å². The second-order valence-electron chi connectivity index (χ2n) is 5.15. The number of halogens is 1. The van der Waals surface area contributed by atoms with Gasteiger partial charge in [0.25, 0.3) is 5.91 Å². The van der Waals surface area contributed by atoms with Crippen LogP contribution in [0.15, 0.2) is 18.2 Å². The fraction of sp³-hybridized carbons (Fsp3) is 0.533. The van der Waals surface area contributed by atoms with Crippen molar-refractivity contribution >= 4 is 18.3 Å². The van der Waals surface area contributed by atoms with Crippen molar-refractivity contribution in [1.82, 2.24) is 10.6 Å². The van der Waals surface area contributed by atoms with Crippen LogP contribution in [0.3, 0.4) is 0 Å². The van der Waals surface area contributed by atoms with Crippen molar-refractivity contribution in [2.75, 3.05) is 27.3 Å². The van der Waals surface area contributed by atoms with E-state index in [9.17, 15) is 4.79 Å². The molecule has 0 radical (unpaired) electrons. The molecule has 1 saturated heterocycles. The second kappa shape index (κ2) is 8.10. The van der Waals surface area contributed by atoms with E-state index in [4.69, 9.17) is 9.47 Å². The van der Waals surface area contributed by atoms with Crippen molar-refractivity contribution in [2.45, 2.75) is 19.4 Å². The summed E-state index contributed by atoms with van der Waals surface area (Å²) in [5, 5.41) is 6.42. The first-order chi connectivity index (χ1) is 9.63. The van der Waals surface area contributed by atoms with Gasteiger partial charge in [-0.05, 0) is 37.6 Å². The van der Waals surface area contributed by atoms with Gasteiger partial charge in [-0.1, -0.05) is 6.92 Å². The van der Waals surface area contributed by atoms with Gasteiger partial charge in [-0.15, -0.1) is 12.4 Å². The molecule has 118 valence electrons. The first-order valence-electron chi connectivity index (χ1n) is 6.88. The van der Waals surface area contributed by atoms with Gasteiger partial charge < -0.3 is 20.1 Å². The zero-order chi connectivity index (χ0) is 14.5. The van der Waals surface area contributed by atoms with Gasteiger partial charge in [0.15, 0.2) is 0 Å². The highest BCUT2D eigenvalue weighted by molar-refractivity contribution is 5.95. The van der Waals surface area contributed by atoms with Crippen LogP contribution < -0.4 is 20.1 Å². The molecule has 0 aromatic heterocycles. The molecule has 21 heavy (non-hydrogen) atoms. The quantitative estimate of drug-likeness (QED) is 0.890. The number of methoxy groups -OCH3 is 2. The van der Waals surface area contributed by atoms with Gasteiger partial charge in [0.1, 0.15) is 11.5 Å². The molecule has 1 aliphatic rings. The summed E-state index contributed by atoms with van der Waals surface area (Å²) < 4.78 is 10.4. The lowest BCUT2D eigenvalue weighted by molar-refractivity contribution is 0.0913. The highest BCUT2D eigenvalue weighted by atomic mass is 35.5. The van der Waals surface area contributed by atoms with Crippen LogP contribution in [-0.2, 0) is 0 Å². The lowest BCUT2D eigenvalue weighted by Gasteiger charge is -2.30. The third-order valence-electron chi connectivity index (χ3n) is 3.72. The van der Waals surface area contributed by atoms with Crippen LogP contribution in [0.1, 0.15) is 23.7 Å². The van der Waals surface area contributed by atoms with Gasteiger partial charge in [-0.25, -0.2) is 0 Å². The summed E-state index contributed by atoms with van der Waals surface area (Å²) in [5.74, 6) is 1.59. The summed E-state index contributed by atoms with van der Waals surface area (Å²) >= 11 is 0. The monoisotopic (exact) mass is 314 g/mol. The Morgan fingerprint density at radius 3 is 2.38 bits per heavy atom. The maximum absolute atomic E-state index is 12.4. The lowest BCUT2D eigenvalue weighted by atomic mass is 9.95. The van der Waals surface area contributed by atoms with Crippen LogP contribution in [-0.4, -0.2) is 39.3 Å². The molecular weight excluding hydrogens is 292 g/mol. The maximum atomic E-state index is 12.4. The number of hydrogen-bond donors (Lipinski definition) is 2. The van der Waals surface area contributed by atoms with Crippen LogP contribution >= 0.6 is 12.4 Å². The number of hydrogen-bond acceptors (Lipinski definition) is 4. The van der Waals surface area contributed by atoms with Crippen LogP contribution in [0.25, 0.3) is 0 Å². The van der Waals surface area contributed by atoms with E-state index in [-0.39, 0.29) is 24.4 Å². The van der Waals surface area contributed by atoms with Crippen LogP contribution in [0, 0.1) is 5.92 Å². The Morgan fingerprint density at radius 1 is 1.24 bits per heavy atom. The summed E-state index contributed by atoms with van der Waals surface area (Å²) in [7, 11) is 3.15. The van der Waals surface area contributed by atoms with Gasteiger partial charge in [-0.3, -0.25) is 4.79 Å². The van der Waals surface area contributed by atoms with Gasteiger partial charge in [-0.2, -0.15) is 0 Å². The second-order valence-corrected chi connectivity index (χ2v) is 5.15. The highest BCUT2D eigenvalue weighted by Crippen LogP contribution is 2.23. The molecule has 1 fully saturated rings. The number of piperidine rings is 1. The number of benzene rings is 1. The molecule has 2 atom stereocenters. The third-order valence-corrected chi connectivity index (χ3v) is 3.72. The molecule has 2 N–H and O–H groups in total. The van der Waals surface area contributed by atoms with E-state index in [0.717, 1.165) is 19.5 Å². The summed E-state index contributed by atoms with van der Waals surface area (Å²) in [6.45, 7) is 4.02. The number of rotatable bonds is 4. The van der Waals surface area contributed by atoms with Gasteiger partial charge in [0.2, 0.25) is 0 Å². The average Bonchev–Trinajstić information content (AvgIpc) is 2.48. The fourth-order valence-electron chi connectivity index (χ4n) is 2.42. The Hall–Kier alpha value is -1.46. The number of amides is 1. The van der Waals surface area contributed by atoms with Crippen LogP contribution in [0.2, 0.25) is 0 Å². The molecule has 1 heterocycles. The molecule has 2 unspecified atom stereocenters. The molecule has 0 spiro atoms. The number of ether oxygens (including phenoxy) is 2. The van der Waals surface area contributed by atoms with E-state index in [1.54, 1.807) is 32.4 Å². The van der Waals surface area contributed by atoms with Crippen molar-refractivity contribution in [3.05, 3.63) is 23.8 Å². The van der Waals surface area contributed by atoms with E-state index in [1.165, 1.54) is 0 Å². The molecule has 0 aliphatic carbocycles. The zero-order valence-corrected chi connectivity index (χ0v) is 13.5. The Labute approximate surface area is 131 Å². The van der Waals surface area contributed by atoms with E-state index in [0.29, 0.717) is 23.0 Å².